The van der Waals surface area contributed by atoms with Gasteiger partial charge in [0, 0.05) is 20.8 Å². The molecule has 0 fully saturated rings. The number of rotatable bonds is 22. The van der Waals surface area contributed by atoms with Gasteiger partial charge in [-0.1, -0.05) is 90.9 Å². The van der Waals surface area contributed by atoms with Crippen LogP contribution in [0.25, 0.3) is 0 Å². The number of nitrogens with one attached hydrogen (secondary N) is 1. The van der Waals surface area contributed by atoms with Crippen LogP contribution in [0.5, 0.6) is 0 Å². The molecule has 0 aromatic heterocycles. The molecular weight excluding hydrogens is 350 g/mol. The molecule has 1 N–H and O–H groups in total. The van der Waals surface area contributed by atoms with E-state index in [1.807, 2.05) is 7.05 Å². The van der Waals surface area contributed by atoms with Crippen molar-refractivity contribution in [1.82, 2.24) is 5.32 Å². The molecule has 0 aromatic rings. The minimum Gasteiger partial charge on any atom is -0.380 e. The zero-order valence-electron chi connectivity index (χ0n) is 19.8. The average molecular weight is 402 g/mol. The average Bonchev–Trinajstić information content (AvgIpc) is 2.72. The fourth-order valence-corrected chi connectivity index (χ4v) is 3.87. The van der Waals surface area contributed by atoms with Crippen molar-refractivity contribution in [3.05, 3.63) is 0 Å². The molecule has 28 heavy (non-hydrogen) atoms. The summed E-state index contributed by atoms with van der Waals surface area (Å²) in [6.07, 6.45) is 18.8. The van der Waals surface area contributed by atoms with Crippen LogP contribution in [0.2, 0.25) is 0 Å². The van der Waals surface area contributed by atoms with Crippen molar-refractivity contribution in [1.29, 1.82) is 0 Å². The third-order valence-electron chi connectivity index (χ3n) is 5.70. The van der Waals surface area contributed by atoms with Crippen molar-refractivity contribution >= 4 is 0 Å². The minimum absolute atomic E-state index is 0.0274. The molecule has 0 radical (unpaired) electrons. The fourth-order valence-electron chi connectivity index (χ4n) is 3.87. The van der Waals surface area contributed by atoms with Crippen LogP contribution in [-0.2, 0) is 14.2 Å². The Kier molecular flexibility index (Phi) is 21.4. The number of hydrogen-bond donors (Lipinski definition) is 1. The van der Waals surface area contributed by atoms with Crippen LogP contribution in [-0.4, -0.2) is 52.7 Å². The van der Waals surface area contributed by atoms with Gasteiger partial charge < -0.3 is 19.5 Å². The molecule has 0 saturated heterocycles. The molecule has 0 bridgehead atoms. The van der Waals surface area contributed by atoms with Crippen LogP contribution in [0.4, 0.5) is 0 Å². The molecule has 0 aliphatic carbocycles. The second-order valence-corrected chi connectivity index (χ2v) is 8.12. The molecular formula is C24H51NO3. The van der Waals surface area contributed by atoms with E-state index < -0.39 is 0 Å². The summed E-state index contributed by atoms with van der Waals surface area (Å²) < 4.78 is 17.3. The van der Waals surface area contributed by atoms with Crippen LogP contribution < -0.4 is 5.32 Å². The standard InChI is InChI=1S/C24H51NO3/c1-6-8-9-10-11-12-13-14-15-16-17-18-19-23(26-4)24(27-5)22(25-3)21-28-20-7-2/h22-25H,6-21H2,1-5H3. The topological polar surface area (TPSA) is 39.7 Å². The lowest BCUT2D eigenvalue weighted by atomic mass is 9.99. The van der Waals surface area contributed by atoms with Crippen LogP contribution in [0.3, 0.4) is 0 Å². The zero-order valence-corrected chi connectivity index (χ0v) is 19.8. The summed E-state index contributed by atoms with van der Waals surface area (Å²) in [5.41, 5.74) is 0. The number of likely N-dealkylation sites (N-methyl/N-ethyl adjacent to an activating group) is 1. The molecule has 0 amide bonds. The summed E-state index contributed by atoms with van der Waals surface area (Å²) in [6, 6.07) is 0.166. The molecule has 0 spiro atoms. The molecule has 0 rings (SSSR count). The van der Waals surface area contributed by atoms with E-state index in [0.29, 0.717) is 6.61 Å². The largest absolute Gasteiger partial charge is 0.380 e. The van der Waals surface area contributed by atoms with Crippen LogP contribution >= 0.6 is 0 Å². The van der Waals surface area contributed by atoms with E-state index in [-0.39, 0.29) is 18.2 Å². The number of hydrogen-bond acceptors (Lipinski definition) is 4. The van der Waals surface area contributed by atoms with Crippen molar-refractivity contribution < 1.29 is 14.2 Å². The Morgan fingerprint density at radius 1 is 0.679 bits per heavy atom. The van der Waals surface area contributed by atoms with Gasteiger partial charge in [-0.3, -0.25) is 0 Å². The van der Waals surface area contributed by atoms with Crippen molar-refractivity contribution in [3.63, 3.8) is 0 Å². The Balaban J connectivity index is 3.84. The highest BCUT2D eigenvalue weighted by molar-refractivity contribution is 4.83. The Morgan fingerprint density at radius 2 is 1.21 bits per heavy atom. The van der Waals surface area contributed by atoms with Crippen molar-refractivity contribution in [2.75, 3.05) is 34.5 Å². The Bertz CT molecular complexity index is 302. The van der Waals surface area contributed by atoms with Crippen molar-refractivity contribution in [2.24, 2.45) is 0 Å². The molecule has 3 atom stereocenters. The first kappa shape index (κ1) is 27.8. The first-order valence-electron chi connectivity index (χ1n) is 12.1. The molecule has 0 heterocycles. The van der Waals surface area contributed by atoms with E-state index in [1.54, 1.807) is 14.2 Å². The van der Waals surface area contributed by atoms with Gasteiger partial charge in [-0.15, -0.1) is 0 Å². The maximum atomic E-state index is 5.78. The summed E-state index contributed by atoms with van der Waals surface area (Å²) in [5, 5.41) is 3.34. The summed E-state index contributed by atoms with van der Waals surface area (Å²) in [6.45, 7) is 5.88. The summed E-state index contributed by atoms with van der Waals surface area (Å²) >= 11 is 0. The molecule has 0 aliphatic rings. The maximum Gasteiger partial charge on any atom is 0.101 e. The Morgan fingerprint density at radius 3 is 1.64 bits per heavy atom. The lowest BCUT2D eigenvalue weighted by molar-refractivity contribution is -0.0704. The highest BCUT2D eigenvalue weighted by Gasteiger charge is 2.28. The van der Waals surface area contributed by atoms with Crippen molar-refractivity contribution in [2.45, 2.75) is 122 Å². The van der Waals surface area contributed by atoms with Gasteiger partial charge in [0.25, 0.3) is 0 Å². The quantitative estimate of drug-likeness (QED) is 0.222. The Hall–Kier alpha value is -0.160. The molecule has 0 aromatic carbocycles. The second-order valence-electron chi connectivity index (χ2n) is 8.12. The highest BCUT2D eigenvalue weighted by atomic mass is 16.5. The van der Waals surface area contributed by atoms with Gasteiger partial charge in [0.1, 0.15) is 6.10 Å². The van der Waals surface area contributed by atoms with Gasteiger partial charge in [-0.05, 0) is 19.9 Å². The van der Waals surface area contributed by atoms with E-state index in [1.165, 1.54) is 77.0 Å². The summed E-state index contributed by atoms with van der Waals surface area (Å²) in [4.78, 5) is 0. The van der Waals surface area contributed by atoms with Crippen LogP contribution in [0, 0.1) is 0 Å². The highest BCUT2D eigenvalue weighted by Crippen LogP contribution is 2.17. The van der Waals surface area contributed by atoms with E-state index in [0.717, 1.165) is 19.4 Å². The SMILES string of the molecule is CCCCCCCCCCCCCCC(OC)C(OC)C(COCCC)NC. The van der Waals surface area contributed by atoms with E-state index >= 15 is 0 Å². The van der Waals surface area contributed by atoms with Gasteiger partial charge in [0.2, 0.25) is 0 Å². The fraction of sp³-hybridized carbons (Fsp3) is 1.00. The minimum atomic E-state index is 0.0274. The molecule has 4 heteroatoms. The third kappa shape index (κ3) is 14.8. The van der Waals surface area contributed by atoms with Gasteiger partial charge >= 0.3 is 0 Å². The van der Waals surface area contributed by atoms with E-state index in [4.69, 9.17) is 14.2 Å². The summed E-state index contributed by atoms with van der Waals surface area (Å²) in [7, 11) is 5.56. The van der Waals surface area contributed by atoms with Crippen LogP contribution in [0.1, 0.15) is 104 Å². The lowest BCUT2D eigenvalue weighted by Crippen LogP contribution is -2.49. The van der Waals surface area contributed by atoms with Gasteiger partial charge in [0.15, 0.2) is 0 Å². The number of methoxy groups -OCH3 is 2. The smallest absolute Gasteiger partial charge is 0.101 e. The van der Waals surface area contributed by atoms with Crippen LogP contribution in [0.15, 0.2) is 0 Å². The predicted molar refractivity (Wildman–Crippen MR) is 121 cm³/mol. The molecule has 170 valence electrons. The predicted octanol–water partition coefficient (Wildman–Crippen LogP) is 6.12. The monoisotopic (exact) mass is 401 g/mol. The van der Waals surface area contributed by atoms with Gasteiger partial charge in [0.05, 0.1) is 18.8 Å². The molecule has 0 saturated carbocycles. The molecule has 0 aliphatic heterocycles. The maximum absolute atomic E-state index is 5.78. The van der Waals surface area contributed by atoms with Crippen molar-refractivity contribution in [3.8, 4) is 0 Å². The normalized spacial score (nSPS) is 14.9. The summed E-state index contributed by atoms with van der Waals surface area (Å²) in [5.74, 6) is 0. The Labute approximate surface area is 176 Å². The zero-order chi connectivity index (χ0) is 20.9. The lowest BCUT2D eigenvalue weighted by Gasteiger charge is -2.31. The molecule has 4 nitrogen and oxygen atoms in total. The van der Waals surface area contributed by atoms with Gasteiger partial charge in [-0.25, -0.2) is 0 Å². The van der Waals surface area contributed by atoms with E-state index in [9.17, 15) is 0 Å². The number of ether oxygens (including phenoxy) is 3. The first-order valence-corrected chi connectivity index (χ1v) is 12.1. The molecule has 3 unspecified atom stereocenters. The first-order chi connectivity index (χ1) is 13.7. The number of unbranched alkanes of at least 4 members (excludes halogenated alkanes) is 11. The van der Waals surface area contributed by atoms with Gasteiger partial charge in [-0.2, -0.15) is 0 Å². The van der Waals surface area contributed by atoms with E-state index in [2.05, 4.69) is 19.2 Å². The third-order valence-corrected chi connectivity index (χ3v) is 5.70. The second kappa shape index (κ2) is 21.5.